The van der Waals surface area contributed by atoms with Crippen LogP contribution in [0, 0.1) is 5.92 Å². The molecular formula is C11H16OS. The molecule has 0 amide bonds. The molecule has 1 N–H and O–H groups in total. The van der Waals surface area contributed by atoms with Crippen LogP contribution in [0.4, 0.5) is 0 Å². The van der Waals surface area contributed by atoms with Crippen molar-refractivity contribution < 1.29 is 5.11 Å². The van der Waals surface area contributed by atoms with Crippen LogP contribution in [-0.4, -0.2) is 5.11 Å². The van der Waals surface area contributed by atoms with Gasteiger partial charge in [0.15, 0.2) is 0 Å². The quantitative estimate of drug-likeness (QED) is 0.787. The first-order valence-corrected chi connectivity index (χ1v) is 5.95. The summed E-state index contributed by atoms with van der Waals surface area (Å²) in [5, 5.41) is 12.1. The van der Waals surface area contributed by atoms with Crippen LogP contribution in [0.15, 0.2) is 11.4 Å². The Balaban J connectivity index is 2.13. The number of hydrogen-bond donors (Lipinski definition) is 1. The van der Waals surface area contributed by atoms with E-state index in [2.05, 4.69) is 18.4 Å². The summed E-state index contributed by atoms with van der Waals surface area (Å²) in [7, 11) is 0. The third kappa shape index (κ3) is 1.65. The number of aryl methyl sites for hydroxylation is 1. The normalized spacial score (nSPS) is 19.8. The molecule has 0 saturated heterocycles. The van der Waals surface area contributed by atoms with Gasteiger partial charge in [-0.1, -0.05) is 13.3 Å². The van der Waals surface area contributed by atoms with Gasteiger partial charge in [-0.2, -0.15) is 0 Å². The number of rotatable bonds is 3. The Morgan fingerprint density at radius 2 is 2.38 bits per heavy atom. The molecule has 1 atom stereocenters. The van der Waals surface area contributed by atoms with Crippen molar-refractivity contribution in [3.8, 4) is 0 Å². The van der Waals surface area contributed by atoms with Crippen molar-refractivity contribution in [2.24, 2.45) is 5.92 Å². The molecule has 1 aliphatic rings. The van der Waals surface area contributed by atoms with Crippen molar-refractivity contribution in [1.82, 2.24) is 0 Å². The molecule has 72 valence electrons. The summed E-state index contributed by atoms with van der Waals surface area (Å²) < 4.78 is 0. The highest BCUT2D eigenvalue weighted by Crippen LogP contribution is 2.40. The monoisotopic (exact) mass is 196 g/mol. The van der Waals surface area contributed by atoms with Gasteiger partial charge in [0, 0.05) is 4.88 Å². The molecule has 0 aromatic carbocycles. The largest absolute Gasteiger partial charge is 0.387 e. The maximum atomic E-state index is 10.1. The summed E-state index contributed by atoms with van der Waals surface area (Å²) in [6.45, 7) is 2.15. The van der Waals surface area contributed by atoms with E-state index >= 15 is 0 Å². The fraction of sp³-hybridized carbons (Fsp3) is 0.636. The Labute approximate surface area is 83.4 Å². The zero-order valence-corrected chi connectivity index (χ0v) is 8.81. The lowest BCUT2D eigenvalue weighted by Gasteiger charge is -2.30. The predicted molar refractivity (Wildman–Crippen MR) is 56.0 cm³/mol. The van der Waals surface area contributed by atoms with Crippen molar-refractivity contribution in [2.75, 3.05) is 0 Å². The second-order valence-electron chi connectivity index (χ2n) is 3.80. The number of thiophene rings is 1. The van der Waals surface area contributed by atoms with E-state index in [1.165, 1.54) is 29.7 Å². The van der Waals surface area contributed by atoms with Crippen LogP contribution >= 0.6 is 11.3 Å². The van der Waals surface area contributed by atoms with E-state index in [1.807, 2.05) is 0 Å². The van der Waals surface area contributed by atoms with Gasteiger partial charge in [-0.3, -0.25) is 0 Å². The lowest BCUT2D eigenvalue weighted by molar-refractivity contribution is 0.0643. The molecule has 1 aliphatic carbocycles. The highest BCUT2D eigenvalue weighted by Gasteiger charge is 2.28. The molecule has 0 radical (unpaired) electrons. The zero-order valence-electron chi connectivity index (χ0n) is 7.99. The minimum absolute atomic E-state index is 0.177. The van der Waals surface area contributed by atoms with E-state index in [9.17, 15) is 5.11 Å². The van der Waals surface area contributed by atoms with Crippen LogP contribution in [0.25, 0.3) is 0 Å². The van der Waals surface area contributed by atoms with E-state index < -0.39 is 0 Å². The highest BCUT2D eigenvalue weighted by atomic mass is 32.1. The van der Waals surface area contributed by atoms with Crippen molar-refractivity contribution in [3.05, 3.63) is 21.9 Å². The van der Waals surface area contributed by atoms with Gasteiger partial charge in [0.1, 0.15) is 0 Å². The van der Waals surface area contributed by atoms with Gasteiger partial charge in [0.2, 0.25) is 0 Å². The molecule has 1 fully saturated rings. The van der Waals surface area contributed by atoms with Gasteiger partial charge in [-0.15, -0.1) is 11.3 Å². The average molecular weight is 196 g/mol. The molecule has 0 bridgehead atoms. The minimum atomic E-state index is -0.177. The van der Waals surface area contributed by atoms with Crippen LogP contribution < -0.4 is 0 Å². The van der Waals surface area contributed by atoms with Gasteiger partial charge in [-0.25, -0.2) is 0 Å². The van der Waals surface area contributed by atoms with Gasteiger partial charge >= 0.3 is 0 Å². The topological polar surface area (TPSA) is 20.2 Å². The van der Waals surface area contributed by atoms with E-state index in [-0.39, 0.29) is 6.10 Å². The minimum Gasteiger partial charge on any atom is -0.387 e. The zero-order chi connectivity index (χ0) is 9.26. The molecule has 1 aromatic heterocycles. The highest BCUT2D eigenvalue weighted by molar-refractivity contribution is 7.10. The van der Waals surface area contributed by atoms with Crippen LogP contribution in [0.1, 0.15) is 42.7 Å². The average Bonchev–Trinajstić information content (AvgIpc) is 2.47. The fourth-order valence-corrected chi connectivity index (χ4v) is 2.94. The predicted octanol–water partition coefficient (Wildman–Crippen LogP) is 3.14. The second kappa shape index (κ2) is 3.81. The van der Waals surface area contributed by atoms with Crippen LogP contribution in [0.2, 0.25) is 0 Å². The maximum Gasteiger partial charge on any atom is 0.0912 e. The molecule has 1 heterocycles. The Kier molecular flexibility index (Phi) is 2.70. The Hall–Kier alpha value is -0.340. The lowest BCUT2D eigenvalue weighted by atomic mass is 9.80. The molecule has 0 aliphatic heterocycles. The SMILES string of the molecule is CCc1ccsc1C(O)C1CCC1. The first-order valence-electron chi connectivity index (χ1n) is 5.07. The van der Waals surface area contributed by atoms with Gasteiger partial charge in [0.25, 0.3) is 0 Å². The number of hydrogen-bond acceptors (Lipinski definition) is 2. The Bertz CT molecular complexity index is 275. The van der Waals surface area contributed by atoms with E-state index in [0.29, 0.717) is 5.92 Å². The van der Waals surface area contributed by atoms with E-state index in [4.69, 9.17) is 0 Å². The summed E-state index contributed by atoms with van der Waals surface area (Å²) in [5.74, 6) is 0.545. The standard InChI is InChI=1S/C11H16OS/c1-2-8-6-7-13-11(8)10(12)9-4-3-5-9/h6-7,9-10,12H,2-5H2,1H3. The third-order valence-corrected chi connectivity index (χ3v) is 4.06. The summed E-state index contributed by atoms with van der Waals surface area (Å²) in [4.78, 5) is 1.22. The summed E-state index contributed by atoms with van der Waals surface area (Å²) in [6.07, 6.45) is 4.59. The summed E-state index contributed by atoms with van der Waals surface area (Å²) in [6, 6.07) is 2.14. The third-order valence-electron chi connectivity index (χ3n) is 3.03. The van der Waals surface area contributed by atoms with Crippen molar-refractivity contribution in [3.63, 3.8) is 0 Å². The summed E-state index contributed by atoms with van der Waals surface area (Å²) in [5.41, 5.74) is 1.34. The molecule has 0 spiro atoms. The second-order valence-corrected chi connectivity index (χ2v) is 4.75. The summed E-state index contributed by atoms with van der Waals surface area (Å²) >= 11 is 1.71. The molecular weight excluding hydrogens is 180 g/mol. The Morgan fingerprint density at radius 3 is 2.92 bits per heavy atom. The van der Waals surface area contributed by atoms with Gasteiger partial charge in [-0.05, 0) is 42.2 Å². The number of aliphatic hydroxyl groups excluding tert-OH is 1. The van der Waals surface area contributed by atoms with Crippen LogP contribution in [0.3, 0.4) is 0 Å². The molecule has 1 aromatic rings. The Morgan fingerprint density at radius 1 is 1.62 bits per heavy atom. The van der Waals surface area contributed by atoms with Crippen LogP contribution in [0.5, 0.6) is 0 Å². The van der Waals surface area contributed by atoms with E-state index in [1.54, 1.807) is 11.3 Å². The molecule has 2 heteroatoms. The number of aliphatic hydroxyl groups is 1. The smallest absolute Gasteiger partial charge is 0.0912 e. The maximum absolute atomic E-state index is 10.1. The molecule has 1 unspecified atom stereocenters. The first kappa shape index (κ1) is 9.22. The molecule has 1 nitrogen and oxygen atoms in total. The van der Waals surface area contributed by atoms with E-state index in [0.717, 1.165) is 6.42 Å². The fourth-order valence-electron chi connectivity index (χ4n) is 1.87. The van der Waals surface area contributed by atoms with Crippen molar-refractivity contribution in [2.45, 2.75) is 38.7 Å². The van der Waals surface area contributed by atoms with Gasteiger partial charge < -0.3 is 5.11 Å². The van der Waals surface area contributed by atoms with Crippen LogP contribution in [-0.2, 0) is 6.42 Å². The lowest BCUT2D eigenvalue weighted by Crippen LogP contribution is -2.19. The first-order chi connectivity index (χ1) is 6.33. The molecule has 2 rings (SSSR count). The molecule has 13 heavy (non-hydrogen) atoms. The molecule has 1 saturated carbocycles. The van der Waals surface area contributed by atoms with Crippen molar-refractivity contribution >= 4 is 11.3 Å². The van der Waals surface area contributed by atoms with Crippen molar-refractivity contribution in [1.29, 1.82) is 0 Å². The van der Waals surface area contributed by atoms with Gasteiger partial charge in [0.05, 0.1) is 6.10 Å².